The second-order valence-electron chi connectivity index (χ2n) is 6.60. The summed E-state index contributed by atoms with van der Waals surface area (Å²) in [6.07, 6.45) is 3.95. The highest BCUT2D eigenvalue weighted by molar-refractivity contribution is 5.81. The van der Waals surface area contributed by atoms with Crippen LogP contribution < -0.4 is 5.32 Å². The van der Waals surface area contributed by atoms with Crippen LogP contribution in [-0.4, -0.2) is 60.3 Å². The van der Waals surface area contributed by atoms with Crippen molar-refractivity contribution in [1.82, 2.24) is 10.2 Å². The number of carboxylic acid groups (broad SMARTS) is 1. The first-order valence-corrected chi connectivity index (χ1v) is 7.89. The number of carboxylic acids is 1. The van der Waals surface area contributed by atoms with Gasteiger partial charge < -0.3 is 20.1 Å². The first-order valence-electron chi connectivity index (χ1n) is 7.89. The number of aliphatic carboxylic acids is 1. The number of likely N-dealkylation sites (N-methyl/N-ethyl adjacent to an activating group) is 1. The predicted octanol–water partition coefficient (Wildman–Crippen LogP) is 0.465. The molecule has 3 fully saturated rings. The van der Waals surface area contributed by atoms with E-state index in [0.717, 1.165) is 25.7 Å². The topological polar surface area (TPSA) is 78.9 Å². The average Bonchev–Trinajstić information content (AvgIpc) is 3.00. The van der Waals surface area contributed by atoms with Gasteiger partial charge in [0.15, 0.2) is 0 Å². The lowest BCUT2D eigenvalue weighted by Gasteiger charge is -2.40. The van der Waals surface area contributed by atoms with Gasteiger partial charge in [0, 0.05) is 24.5 Å². The zero-order chi connectivity index (χ0) is 15.0. The van der Waals surface area contributed by atoms with E-state index >= 15 is 0 Å². The fourth-order valence-electron chi connectivity index (χ4n) is 4.34. The van der Waals surface area contributed by atoms with Crippen molar-refractivity contribution in [2.45, 2.75) is 50.2 Å². The predicted molar refractivity (Wildman–Crippen MR) is 75.8 cm³/mol. The Morgan fingerprint density at radius 3 is 2.48 bits per heavy atom. The highest BCUT2D eigenvalue weighted by Crippen LogP contribution is 2.41. The number of piperidine rings is 1. The lowest BCUT2D eigenvalue weighted by atomic mass is 9.87. The molecule has 3 aliphatic rings. The Labute approximate surface area is 124 Å². The van der Waals surface area contributed by atoms with Crippen LogP contribution in [0.25, 0.3) is 0 Å². The smallest absolute Gasteiger partial charge is 0.303 e. The molecule has 0 saturated carbocycles. The maximum atomic E-state index is 12.8. The van der Waals surface area contributed by atoms with Crippen LogP contribution in [0.2, 0.25) is 0 Å². The fraction of sp³-hybridized carbons (Fsp3) is 0.867. The SMILES string of the molecule is CNC1COCC1C(=O)N1C2CCC1CC(CC(=O)O)C2. The third-order valence-electron chi connectivity index (χ3n) is 5.32. The van der Waals surface area contributed by atoms with E-state index in [2.05, 4.69) is 10.2 Å². The number of nitrogens with one attached hydrogen (secondary N) is 1. The van der Waals surface area contributed by atoms with Gasteiger partial charge in [-0.05, 0) is 38.6 Å². The molecule has 0 spiro atoms. The van der Waals surface area contributed by atoms with E-state index in [0.29, 0.717) is 13.2 Å². The Balaban J connectivity index is 1.67. The van der Waals surface area contributed by atoms with Crippen molar-refractivity contribution in [3.63, 3.8) is 0 Å². The Hall–Kier alpha value is -1.14. The highest BCUT2D eigenvalue weighted by Gasteiger charge is 2.47. The zero-order valence-electron chi connectivity index (χ0n) is 12.5. The van der Waals surface area contributed by atoms with Gasteiger partial charge in [-0.3, -0.25) is 9.59 Å². The van der Waals surface area contributed by atoms with Crippen LogP contribution in [0.5, 0.6) is 0 Å². The largest absolute Gasteiger partial charge is 0.481 e. The number of amides is 1. The minimum absolute atomic E-state index is 0.0888. The summed E-state index contributed by atoms with van der Waals surface area (Å²) in [4.78, 5) is 25.8. The number of carbonyl (C=O) groups is 2. The summed E-state index contributed by atoms with van der Waals surface area (Å²) in [5, 5.41) is 12.1. The maximum Gasteiger partial charge on any atom is 0.303 e. The molecule has 3 aliphatic heterocycles. The van der Waals surface area contributed by atoms with Crippen LogP contribution in [-0.2, 0) is 14.3 Å². The van der Waals surface area contributed by atoms with Crippen molar-refractivity contribution >= 4 is 11.9 Å². The quantitative estimate of drug-likeness (QED) is 0.788. The van der Waals surface area contributed by atoms with Crippen LogP contribution in [0.4, 0.5) is 0 Å². The summed E-state index contributed by atoms with van der Waals surface area (Å²) in [7, 11) is 1.87. The van der Waals surface area contributed by atoms with E-state index in [1.54, 1.807) is 0 Å². The van der Waals surface area contributed by atoms with Gasteiger partial charge in [0.25, 0.3) is 0 Å². The molecule has 1 amide bonds. The number of rotatable bonds is 4. The van der Waals surface area contributed by atoms with E-state index in [1.807, 2.05) is 7.05 Å². The maximum absolute atomic E-state index is 12.8. The number of hydrogen-bond acceptors (Lipinski definition) is 4. The molecule has 0 radical (unpaired) electrons. The molecule has 0 aromatic rings. The van der Waals surface area contributed by atoms with E-state index in [-0.39, 0.29) is 42.3 Å². The van der Waals surface area contributed by atoms with E-state index in [1.165, 1.54) is 0 Å². The van der Waals surface area contributed by atoms with E-state index in [4.69, 9.17) is 9.84 Å². The van der Waals surface area contributed by atoms with Crippen molar-refractivity contribution in [3.05, 3.63) is 0 Å². The molecule has 3 rings (SSSR count). The average molecular weight is 296 g/mol. The lowest BCUT2D eigenvalue weighted by Crippen LogP contribution is -2.52. The zero-order valence-corrected chi connectivity index (χ0v) is 12.5. The van der Waals surface area contributed by atoms with Gasteiger partial charge in [-0.25, -0.2) is 0 Å². The van der Waals surface area contributed by atoms with Crippen LogP contribution in [0.1, 0.15) is 32.1 Å². The standard InChI is InChI=1S/C15H24N2O4/c1-16-13-8-21-7-12(13)15(20)17-10-2-3-11(17)5-9(4-10)6-14(18)19/h9-13,16H,2-8H2,1H3,(H,18,19). The molecule has 4 atom stereocenters. The summed E-state index contributed by atoms with van der Waals surface area (Å²) in [5.41, 5.74) is 0. The van der Waals surface area contributed by atoms with Gasteiger partial charge >= 0.3 is 5.97 Å². The molecule has 0 aliphatic carbocycles. The summed E-state index contributed by atoms with van der Waals surface area (Å²) in [6.45, 7) is 1.09. The Bertz CT molecular complexity index is 414. The van der Waals surface area contributed by atoms with E-state index < -0.39 is 5.97 Å². The molecule has 0 aromatic carbocycles. The van der Waals surface area contributed by atoms with Gasteiger partial charge in [0.2, 0.25) is 5.91 Å². The molecular formula is C15H24N2O4. The fourth-order valence-corrected chi connectivity index (χ4v) is 4.34. The third-order valence-corrected chi connectivity index (χ3v) is 5.32. The number of fused-ring (bicyclic) bond motifs is 2. The van der Waals surface area contributed by atoms with Gasteiger partial charge in [-0.2, -0.15) is 0 Å². The molecule has 0 aromatic heterocycles. The van der Waals surface area contributed by atoms with Gasteiger partial charge in [0.05, 0.1) is 19.1 Å². The van der Waals surface area contributed by atoms with Crippen LogP contribution in [0, 0.1) is 11.8 Å². The Kier molecular flexibility index (Phi) is 4.17. The van der Waals surface area contributed by atoms with Crippen LogP contribution in [0.3, 0.4) is 0 Å². The molecule has 2 N–H and O–H groups in total. The summed E-state index contributed by atoms with van der Waals surface area (Å²) in [5.74, 6) is -0.384. The number of nitrogens with zero attached hydrogens (tertiary/aromatic N) is 1. The first-order chi connectivity index (χ1) is 10.1. The third kappa shape index (κ3) is 2.79. The number of ether oxygens (including phenoxy) is 1. The molecule has 3 heterocycles. The lowest BCUT2D eigenvalue weighted by molar-refractivity contribution is -0.142. The molecule has 118 valence electrons. The Morgan fingerprint density at radius 2 is 1.90 bits per heavy atom. The second kappa shape index (κ2) is 5.93. The van der Waals surface area contributed by atoms with Gasteiger partial charge in [-0.15, -0.1) is 0 Å². The minimum Gasteiger partial charge on any atom is -0.481 e. The van der Waals surface area contributed by atoms with E-state index in [9.17, 15) is 9.59 Å². The Morgan fingerprint density at radius 1 is 1.24 bits per heavy atom. The molecule has 6 nitrogen and oxygen atoms in total. The molecule has 3 saturated heterocycles. The first kappa shape index (κ1) is 14.8. The summed E-state index contributed by atoms with van der Waals surface area (Å²) in [6, 6.07) is 0.575. The normalized spacial score (nSPS) is 38.7. The highest BCUT2D eigenvalue weighted by atomic mass is 16.5. The summed E-state index contributed by atoms with van der Waals surface area (Å²) >= 11 is 0. The molecule has 6 heteroatoms. The molecule has 4 unspecified atom stereocenters. The number of carbonyl (C=O) groups excluding carboxylic acids is 1. The number of hydrogen-bond donors (Lipinski definition) is 2. The summed E-state index contributed by atoms with van der Waals surface area (Å²) < 4.78 is 5.45. The van der Waals surface area contributed by atoms with Crippen LogP contribution in [0.15, 0.2) is 0 Å². The van der Waals surface area contributed by atoms with Gasteiger partial charge in [0.1, 0.15) is 0 Å². The molecular weight excluding hydrogens is 272 g/mol. The van der Waals surface area contributed by atoms with Crippen molar-refractivity contribution < 1.29 is 19.4 Å². The second-order valence-corrected chi connectivity index (χ2v) is 6.60. The van der Waals surface area contributed by atoms with Gasteiger partial charge in [-0.1, -0.05) is 0 Å². The van der Waals surface area contributed by atoms with Crippen molar-refractivity contribution in [2.24, 2.45) is 11.8 Å². The minimum atomic E-state index is -0.724. The molecule has 2 bridgehead atoms. The van der Waals surface area contributed by atoms with Crippen molar-refractivity contribution in [3.8, 4) is 0 Å². The molecule has 21 heavy (non-hydrogen) atoms. The van der Waals surface area contributed by atoms with Crippen LogP contribution >= 0.6 is 0 Å². The van der Waals surface area contributed by atoms with Crippen molar-refractivity contribution in [1.29, 1.82) is 0 Å². The van der Waals surface area contributed by atoms with Crippen molar-refractivity contribution in [2.75, 3.05) is 20.3 Å². The monoisotopic (exact) mass is 296 g/mol.